The summed E-state index contributed by atoms with van der Waals surface area (Å²) in [6.45, 7) is 0. The van der Waals surface area contributed by atoms with Crippen molar-refractivity contribution in [3.05, 3.63) is 27.5 Å². The number of benzene rings is 1. The molecule has 1 aliphatic heterocycles. The molecule has 0 aliphatic carbocycles. The number of nitrogens with one attached hydrogen (secondary N) is 1. The van der Waals surface area contributed by atoms with Crippen LogP contribution in [0.4, 0.5) is 10.1 Å². The molecule has 0 atom stereocenters. The van der Waals surface area contributed by atoms with Crippen LogP contribution in [0.5, 0.6) is 0 Å². The van der Waals surface area contributed by atoms with Crippen molar-refractivity contribution in [3.8, 4) is 0 Å². The van der Waals surface area contributed by atoms with Crippen LogP contribution in [-0.2, 0) is 11.2 Å². The first kappa shape index (κ1) is 8.78. The van der Waals surface area contributed by atoms with Gasteiger partial charge in [0.2, 0.25) is 5.91 Å². The molecular formula is C8H4Cl2FNO. The van der Waals surface area contributed by atoms with Crippen LogP contribution < -0.4 is 5.32 Å². The highest BCUT2D eigenvalue weighted by atomic mass is 35.5. The van der Waals surface area contributed by atoms with Gasteiger partial charge in [-0.05, 0) is 6.07 Å². The van der Waals surface area contributed by atoms with Crippen LogP contribution in [0.25, 0.3) is 0 Å². The molecule has 0 saturated carbocycles. The quantitative estimate of drug-likeness (QED) is 0.669. The molecule has 0 saturated heterocycles. The molecule has 2 nitrogen and oxygen atoms in total. The second-order valence-electron chi connectivity index (χ2n) is 2.74. The predicted molar refractivity (Wildman–Crippen MR) is 48.8 cm³/mol. The fourth-order valence-corrected chi connectivity index (χ4v) is 1.79. The first-order valence-electron chi connectivity index (χ1n) is 3.56. The summed E-state index contributed by atoms with van der Waals surface area (Å²) < 4.78 is 13.1. The molecule has 1 aromatic rings. The number of anilines is 1. The highest BCUT2D eigenvalue weighted by Gasteiger charge is 2.24. The smallest absolute Gasteiger partial charge is 0.228 e. The number of carbonyl (C=O) groups excluding carboxylic acids is 1. The molecule has 1 N–H and O–H groups in total. The van der Waals surface area contributed by atoms with Gasteiger partial charge in [-0.3, -0.25) is 4.79 Å². The Morgan fingerprint density at radius 3 is 2.85 bits per heavy atom. The molecule has 2 rings (SSSR count). The molecule has 5 heteroatoms. The predicted octanol–water partition coefficient (Wildman–Crippen LogP) is 2.63. The van der Waals surface area contributed by atoms with Crippen LogP contribution in [0.3, 0.4) is 0 Å². The Kier molecular flexibility index (Phi) is 1.93. The van der Waals surface area contributed by atoms with Crippen LogP contribution in [0.15, 0.2) is 6.07 Å². The first-order valence-corrected chi connectivity index (χ1v) is 4.31. The van der Waals surface area contributed by atoms with Gasteiger partial charge in [0.15, 0.2) is 5.82 Å². The third-order valence-electron chi connectivity index (χ3n) is 1.87. The van der Waals surface area contributed by atoms with Crippen LogP contribution in [0.2, 0.25) is 10.0 Å². The van der Waals surface area contributed by atoms with Crippen LogP contribution in [0, 0.1) is 5.82 Å². The van der Waals surface area contributed by atoms with Crippen molar-refractivity contribution in [1.82, 2.24) is 0 Å². The van der Waals surface area contributed by atoms with Crippen molar-refractivity contribution >= 4 is 34.8 Å². The average molecular weight is 220 g/mol. The first-order chi connectivity index (χ1) is 6.09. The van der Waals surface area contributed by atoms with Gasteiger partial charge in [0.25, 0.3) is 0 Å². The Balaban J connectivity index is 2.66. The van der Waals surface area contributed by atoms with Gasteiger partial charge in [0.05, 0.1) is 16.5 Å². The van der Waals surface area contributed by atoms with Crippen molar-refractivity contribution in [2.24, 2.45) is 0 Å². The van der Waals surface area contributed by atoms with Crippen molar-refractivity contribution in [1.29, 1.82) is 0 Å². The summed E-state index contributed by atoms with van der Waals surface area (Å²) >= 11 is 11.2. The molecule has 1 aromatic carbocycles. The zero-order valence-electron chi connectivity index (χ0n) is 6.33. The minimum atomic E-state index is -0.668. The summed E-state index contributed by atoms with van der Waals surface area (Å²) in [5.74, 6) is -0.864. The van der Waals surface area contributed by atoms with E-state index in [1.807, 2.05) is 0 Å². The van der Waals surface area contributed by atoms with E-state index >= 15 is 0 Å². The normalized spacial score (nSPS) is 14.2. The molecular weight excluding hydrogens is 216 g/mol. The van der Waals surface area contributed by atoms with Crippen molar-refractivity contribution < 1.29 is 9.18 Å². The van der Waals surface area contributed by atoms with Crippen LogP contribution >= 0.6 is 23.2 Å². The van der Waals surface area contributed by atoms with Crippen molar-refractivity contribution in [2.45, 2.75) is 6.42 Å². The standard InChI is InChI=1S/C8H4Cl2FNO/c9-4-2-5-3(1-6(13)12-5)7(10)8(4)11/h2H,1H2,(H,12,13). The van der Waals surface area contributed by atoms with Crippen LogP contribution in [0.1, 0.15) is 5.56 Å². The van der Waals surface area contributed by atoms with Gasteiger partial charge in [-0.15, -0.1) is 0 Å². The number of hydrogen-bond donors (Lipinski definition) is 1. The second kappa shape index (κ2) is 2.86. The molecule has 0 aromatic heterocycles. The van der Waals surface area contributed by atoms with Gasteiger partial charge in [0, 0.05) is 11.3 Å². The van der Waals surface area contributed by atoms with E-state index in [1.165, 1.54) is 6.07 Å². The molecule has 0 radical (unpaired) electrons. The highest BCUT2D eigenvalue weighted by molar-refractivity contribution is 6.36. The van der Waals surface area contributed by atoms with Gasteiger partial charge in [-0.1, -0.05) is 23.2 Å². The van der Waals surface area contributed by atoms with E-state index in [2.05, 4.69) is 5.32 Å². The van der Waals surface area contributed by atoms with Crippen molar-refractivity contribution in [2.75, 3.05) is 5.32 Å². The molecule has 68 valence electrons. The third kappa shape index (κ3) is 1.28. The fourth-order valence-electron chi connectivity index (χ4n) is 1.27. The molecule has 0 bridgehead atoms. The molecule has 0 fully saturated rings. The summed E-state index contributed by atoms with van der Waals surface area (Å²) in [4.78, 5) is 10.9. The van der Waals surface area contributed by atoms with Gasteiger partial charge in [0.1, 0.15) is 0 Å². The van der Waals surface area contributed by atoms with Gasteiger partial charge in [-0.25, -0.2) is 4.39 Å². The lowest BCUT2D eigenvalue weighted by Crippen LogP contribution is -2.03. The topological polar surface area (TPSA) is 29.1 Å². The number of hydrogen-bond acceptors (Lipinski definition) is 1. The molecule has 1 heterocycles. The third-order valence-corrected chi connectivity index (χ3v) is 2.54. The van der Waals surface area contributed by atoms with Gasteiger partial charge >= 0.3 is 0 Å². The largest absolute Gasteiger partial charge is 0.325 e. The minimum Gasteiger partial charge on any atom is -0.325 e. The van der Waals surface area contributed by atoms with E-state index in [0.29, 0.717) is 11.3 Å². The number of fused-ring (bicyclic) bond motifs is 1. The van der Waals surface area contributed by atoms with E-state index in [1.54, 1.807) is 0 Å². The highest BCUT2D eigenvalue weighted by Crippen LogP contribution is 2.35. The van der Waals surface area contributed by atoms with E-state index < -0.39 is 5.82 Å². The lowest BCUT2D eigenvalue weighted by Gasteiger charge is -2.03. The molecule has 0 spiro atoms. The monoisotopic (exact) mass is 219 g/mol. The lowest BCUT2D eigenvalue weighted by atomic mass is 10.1. The summed E-state index contributed by atoms with van der Waals surface area (Å²) in [5, 5.41) is 2.39. The van der Waals surface area contributed by atoms with Gasteiger partial charge < -0.3 is 5.32 Å². The van der Waals surface area contributed by atoms with E-state index in [9.17, 15) is 9.18 Å². The van der Waals surface area contributed by atoms with Gasteiger partial charge in [-0.2, -0.15) is 0 Å². The average Bonchev–Trinajstić information content (AvgIpc) is 2.42. The van der Waals surface area contributed by atoms with Crippen LogP contribution in [-0.4, -0.2) is 5.91 Å². The summed E-state index contributed by atoms with van der Waals surface area (Å²) in [6.07, 6.45) is 0.113. The number of halogens is 3. The Morgan fingerprint density at radius 1 is 1.46 bits per heavy atom. The number of amides is 1. The summed E-state index contributed by atoms with van der Waals surface area (Å²) in [6, 6.07) is 1.36. The Hall–Kier alpha value is -0.800. The molecule has 1 aliphatic rings. The zero-order chi connectivity index (χ0) is 9.59. The molecule has 0 unspecified atom stereocenters. The van der Waals surface area contributed by atoms with E-state index in [-0.39, 0.29) is 22.4 Å². The summed E-state index contributed by atoms with van der Waals surface area (Å²) in [7, 11) is 0. The Labute approximate surface area is 83.6 Å². The van der Waals surface area contributed by atoms with Crippen molar-refractivity contribution in [3.63, 3.8) is 0 Å². The zero-order valence-corrected chi connectivity index (χ0v) is 7.84. The maximum Gasteiger partial charge on any atom is 0.228 e. The minimum absolute atomic E-state index is 0.0687. The maximum atomic E-state index is 13.1. The maximum absolute atomic E-state index is 13.1. The summed E-state index contributed by atoms with van der Waals surface area (Å²) in [5.41, 5.74) is 0.981. The molecule has 1 amide bonds. The Morgan fingerprint density at radius 2 is 2.15 bits per heavy atom. The fraction of sp³-hybridized carbons (Fsp3) is 0.125. The van der Waals surface area contributed by atoms with E-state index in [4.69, 9.17) is 23.2 Å². The second-order valence-corrected chi connectivity index (χ2v) is 3.52. The van der Waals surface area contributed by atoms with E-state index in [0.717, 1.165) is 0 Å². The number of carbonyl (C=O) groups is 1. The Bertz CT molecular complexity index is 406. The SMILES string of the molecule is O=C1Cc2c(cc(Cl)c(F)c2Cl)N1. The molecule has 13 heavy (non-hydrogen) atoms. The lowest BCUT2D eigenvalue weighted by molar-refractivity contribution is -0.115. The number of rotatable bonds is 0.